The molecule has 0 N–H and O–H groups in total. The molecule has 0 unspecified atom stereocenters. The Morgan fingerprint density at radius 2 is 2.17 bits per heavy atom. The smallest absolute Gasteiger partial charge is 0.309 e. The highest BCUT2D eigenvalue weighted by Gasteiger charge is 2.30. The zero-order chi connectivity index (χ0) is 16.2. The number of likely N-dealkylation sites (tertiary alicyclic amines) is 1. The van der Waals surface area contributed by atoms with Gasteiger partial charge in [0, 0.05) is 13.1 Å². The van der Waals surface area contributed by atoms with Crippen molar-refractivity contribution >= 4 is 34.7 Å². The molecule has 3 heterocycles. The van der Waals surface area contributed by atoms with E-state index in [1.807, 2.05) is 17.5 Å². The quantitative estimate of drug-likeness (QED) is 0.792. The lowest BCUT2D eigenvalue weighted by molar-refractivity contribution is -0.149. The second-order valence-corrected chi connectivity index (χ2v) is 6.95. The summed E-state index contributed by atoms with van der Waals surface area (Å²) in [6.45, 7) is 3.32. The monoisotopic (exact) mass is 351 g/mol. The topological polar surface area (TPSA) is 72.4 Å². The Hall–Kier alpha value is -1.80. The summed E-state index contributed by atoms with van der Waals surface area (Å²) in [5, 5.41) is 6.05. The van der Waals surface area contributed by atoms with Gasteiger partial charge in [-0.15, -0.1) is 16.4 Å². The number of hydrogen-bond donors (Lipinski definition) is 0. The van der Waals surface area contributed by atoms with Gasteiger partial charge in [0.15, 0.2) is 0 Å². The van der Waals surface area contributed by atoms with Crippen LogP contribution in [0.1, 0.15) is 29.4 Å². The molecule has 1 aliphatic heterocycles. The number of thiophene rings is 1. The largest absolute Gasteiger partial charge is 0.466 e. The zero-order valence-electron chi connectivity index (χ0n) is 12.7. The summed E-state index contributed by atoms with van der Waals surface area (Å²) in [6.07, 6.45) is 1.29. The fraction of sp³-hybridized carbons (Fsp3) is 0.467. The van der Waals surface area contributed by atoms with Crippen molar-refractivity contribution in [2.24, 2.45) is 5.92 Å². The minimum Gasteiger partial charge on any atom is -0.466 e. The second-order valence-electron chi connectivity index (χ2n) is 5.25. The molecule has 0 aromatic carbocycles. The summed E-state index contributed by atoms with van der Waals surface area (Å²) in [5.74, 6) is -0.306. The van der Waals surface area contributed by atoms with Crippen LogP contribution < -0.4 is 0 Å². The third kappa shape index (κ3) is 3.42. The molecular formula is C15H17N3O3S2. The molecule has 1 saturated heterocycles. The van der Waals surface area contributed by atoms with E-state index < -0.39 is 0 Å². The molecule has 122 valence electrons. The normalized spacial score (nSPS) is 15.6. The summed E-state index contributed by atoms with van der Waals surface area (Å²) in [6, 6.07) is 3.86. The van der Waals surface area contributed by atoms with Gasteiger partial charge in [0.2, 0.25) is 0 Å². The number of carbonyl (C=O) groups excluding carboxylic acids is 2. The SMILES string of the molecule is CCOC(=O)C1CCN(C(=O)c2snnc2-c2cccs2)CC1. The first-order valence-corrected chi connectivity index (χ1v) is 9.18. The van der Waals surface area contributed by atoms with Gasteiger partial charge in [-0.25, -0.2) is 0 Å². The van der Waals surface area contributed by atoms with E-state index in [2.05, 4.69) is 9.59 Å². The maximum absolute atomic E-state index is 12.7. The lowest BCUT2D eigenvalue weighted by Crippen LogP contribution is -2.40. The number of rotatable bonds is 4. The molecule has 1 aliphatic rings. The average Bonchev–Trinajstić information content (AvgIpc) is 3.25. The number of aromatic nitrogens is 2. The van der Waals surface area contributed by atoms with Crippen LogP contribution in [0.2, 0.25) is 0 Å². The van der Waals surface area contributed by atoms with Crippen molar-refractivity contribution in [3.8, 4) is 10.6 Å². The van der Waals surface area contributed by atoms with Gasteiger partial charge >= 0.3 is 5.97 Å². The number of carbonyl (C=O) groups is 2. The average molecular weight is 351 g/mol. The lowest BCUT2D eigenvalue weighted by atomic mass is 9.97. The lowest BCUT2D eigenvalue weighted by Gasteiger charge is -2.30. The molecule has 23 heavy (non-hydrogen) atoms. The molecule has 3 rings (SSSR count). The first kappa shape index (κ1) is 16.1. The van der Waals surface area contributed by atoms with Gasteiger partial charge in [-0.05, 0) is 42.7 Å². The Morgan fingerprint density at radius 3 is 2.83 bits per heavy atom. The van der Waals surface area contributed by atoms with Gasteiger partial charge in [0.1, 0.15) is 10.6 Å². The first-order valence-electron chi connectivity index (χ1n) is 7.52. The van der Waals surface area contributed by atoms with Crippen molar-refractivity contribution in [1.29, 1.82) is 0 Å². The summed E-state index contributed by atoms with van der Waals surface area (Å²) in [4.78, 5) is 27.8. The molecule has 0 saturated carbocycles. The van der Waals surface area contributed by atoms with Gasteiger partial charge in [0.25, 0.3) is 5.91 Å². The Bertz CT molecular complexity index is 676. The van der Waals surface area contributed by atoms with E-state index in [0.29, 0.717) is 43.1 Å². The maximum atomic E-state index is 12.7. The molecular weight excluding hydrogens is 334 g/mol. The number of ether oxygens (including phenoxy) is 1. The molecule has 0 spiro atoms. The molecule has 0 atom stereocenters. The van der Waals surface area contributed by atoms with Crippen LogP contribution in [0.25, 0.3) is 10.6 Å². The van der Waals surface area contributed by atoms with Crippen LogP contribution in [0.5, 0.6) is 0 Å². The van der Waals surface area contributed by atoms with E-state index in [4.69, 9.17) is 4.74 Å². The number of nitrogens with zero attached hydrogens (tertiary/aromatic N) is 3. The van der Waals surface area contributed by atoms with Gasteiger partial charge in [0.05, 0.1) is 17.4 Å². The first-order chi connectivity index (χ1) is 11.2. The second kappa shape index (κ2) is 7.18. The van der Waals surface area contributed by atoms with E-state index in [1.165, 1.54) is 0 Å². The number of esters is 1. The van der Waals surface area contributed by atoms with Crippen molar-refractivity contribution in [2.75, 3.05) is 19.7 Å². The minimum absolute atomic E-state index is 0.0503. The molecule has 8 heteroatoms. The van der Waals surface area contributed by atoms with Gasteiger partial charge in [-0.1, -0.05) is 10.6 Å². The van der Waals surface area contributed by atoms with Crippen LogP contribution in [0.3, 0.4) is 0 Å². The number of hydrogen-bond acceptors (Lipinski definition) is 7. The standard InChI is InChI=1S/C15H17N3O3S2/c1-2-21-15(20)10-5-7-18(8-6-10)14(19)13-12(16-17-23-13)11-4-3-9-22-11/h3-4,9-10H,2,5-8H2,1H3. The van der Waals surface area contributed by atoms with Crippen LogP contribution in [-0.4, -0.2) is 46.1 Å². The van der Waals surface area contributed by atoms with Gasteiger partial charge in [-0.2, -0.15) is 0 Å². The van der Waals surface area contributed by atoms with Crippen LogP contribution in [0.15, 0.2) is 17.5 Å². The highest BCUT2D eigenvalue weighted by Crippen LogP contribution is 2.30. The predicted octanol–water partition coefficient (Wildman–Crippen LogP) is 2.68. The summed E-state index contributed by atoms with van der Waals surface area (Å²) < 4.78 is 9.00. The van der Waals surface area contributed by atoms with Crippen molar-refractivity contribution in [2.45, 2.75) is 19.8 Å². The molecule has 2 aromatic rings. The van der Waals surface area contributed by atoms with E-state index in [1.54, 1.807) is 23.2 Å². The van der Waals surface area contributed by atoms with Crippen LogP contribution in [0.4, 0.5) is 0 Å². The Labute approximate surface area is 142 Å². The van der Waals surface area contributed by atoms with Crippen molar-refractivity contribution in [3.05, 3.63) is 22.4 Å². The highest BCUT2D eigenvalue weighted by atomic mass is 32.1. The Morgan fingerprint density at radius 1 is 1.39 bits per heavy atom. The fourth-order valence-corrected chi connectivity index (χ4v) is 4.06. The third-order valence-corrected chi connectivity index (χ3v) is 5.43. The Kier molecular flexibility index (Phi) is 5.02. The van der Waals surface area contributed by atoms with Crippen molar-refractivity contribution in [3.63, 3.8) is 0 Å². The minimum atomic E-state index is -0.154. The summed E-state index contributed by atoms with van der Waals surface area (Å²) in [5.41, 5.74) is 0.655. The Balaban J connectivity index is 1.67. The highest BCUT2D eigenvalue weighted by molar-refractivity contribution is 7.14. The number of piperidine rings is 1. The van der Waals surface area contributed by atoms with E-state index in [-0.39, 0.29) is 17.8 Å². The number of amides is 1. The van der Waals surface area contributed by atoms with Crippen molar-refractivity contribution in [1.82, 2.24) is 14.5 Å². The molecule has 1 fully saturated rings. The van der Waals surface area contributed by atoms with Crippen molar-refractivity contribution < 1.29 is 14.3 Å². The van der Waals surface area contributed by atoms with E-state index >= 15 is 0 Å². The van der Waals surface area contributed by atoms with Crippen LogP contribution in [-0.2, 0) is 9.53 Å². The zero-order valence-corrected chi connectivity index (χ0v) is 14.4. The molecule has 0 aliphatic carbocycles. The van der Waals surface area contributed by atoms with Crippen LogP contribution >= 0.6 is 22.9 Å². The summed E-state index contributed by atoms with van der Waals surface area (Å²) in [7, 11) is 0. The fourth-order valence-electron chi connectivity index (χ4n) is 2.63. The van der Waals surface area contributed by atoms with E-state index in [0.717, 1.165) is 16.4 Å². The molecule has 0 radical (unpaired) electrons. The van der Waals surface area contributed by atoms with Crippen LogP contribution in [0, 0.1) is 5.92 Å². The van der Waals surface area contributed by atoms with E-state index in [9.17, 15) is 9.59 Å². The maximum Gasteiger partial charge on any atom is 0.309 e. The summed E-state index contributed by atoms with van der Waals surface area (Å²) >= 11 is 2.67. The molecule has 2 aromatic heterocycles. The molecule has 6 nitrogen and oxygen atoms in total. The van der Waals surface area contributed by atoms with Gasteiger partial charge < -0.3 is 9.64 Å². The predicted molar refractivity (Wildman–Crippen MR) is 88.5 cm³/mol. The molecule has 0 bridgehead atoms. The molecule has 1 amide bonds. The third-order valence-electron chi connectivity index (χ3n) is 3.84. The van der Waals surface area contributed by atoms with Gasteiger partial charge in [-0.3, -0.25) is 9.59 Å².